The Bertz CT molecular complexity index is 605. The van der Waals surface area contributed by atoms with Crippen molar-refractivity contribution in [2.75, 3.05) is 11.4 Å². The maximum atomic E-state index is 11.4. The molecule has 0 unspecified atom stereocenters. The van der Waals surface area contributed by atoms with Crippen LogP contribution in [0.3, 0.4) is 0 Å². The van der Waals surface area contributed by atoms with Crippen molar-refractivity contribution in [3.63, 3.8) is 0 Å². The van der Waals surface area contributed by atoms with Gasteiger partial charge in [-0.05, 0) is 11.5 Å². The molecule has 5 nitrogen and oxygen atoms in total. The molecule has 0 aromatic heterocycles. The Morgan fingerprint density at radius 1 is 1.11 bits per heavy atom. The summed E-state index contributed by atoms with van der Waals surface area (Å²) in [7, 11) is 0. The van der Waals surface area contributed by atoms with E-state index in [0.717, 1.165) is 15.7 Å². The number of carboxylic acids is 1. The second-order valence-corrected chi connectivity index (χ2v) is 3.82. The van der Waals surface area contributed by atoms with E-state index in [0.29, 0.717) is 5.69 Å². The summed E-state index contributed by atoms with van der Waals surface area (Å²) in [6.07, 6.45) is 0. The summed E-state index contributed by atoms with van der Waals surface area (Å²) in [4.78, 5) is 23.2. The van der Waals surface area contributed by atoms with Gasteiger partial charge in [-0.25, -0.2) is 4.79 Å². The lowest BCUT2D eigenvalue weighted by Crippen LogP contribution is -2.39. The Labute approximate surface area is 103 Å². The average Bonchev–Trinajstić information content (AvgIpc) is 2.35. The maximum absolute atomic E-state index is 11.4. The Kier molecular flexibility index (Phi) is 3.14. The van der Waals surface area contributed by atoms with Crippen LogP contribution >= 0.6 is 0 Å². The first-order chi connectivity index (χ1) is 8.59. The number of primary amides is 1. The molecule has 0 aliphatic rings. The second-order valence-electron chi connectivity index (χ2n) is 3.82. The van der Waals surface area contributed by atoms with Crippen LogP contribution < -0.4 is 10.6 Å². The number of carboxylic acid groups (broad SMARTS) is 1. The summed E-state index contributed by atoms with van der Waals surface area (Å²) in [5, 5.41) is 10.5. The number of anilines is 1. The minimum atomic E-state index is -1.11. The van der Waals surface area contributed by atoms with Crippen LogP contribution in [0.25, 0.3) is 10.8 Å². The molecule has 3 N–H and O–H groups in total. The van der Waals surface area contributed by atoms with Gasteiger partial charge in [0.25, 0.3) is 0 Å². The second kappa shape index (κ2) is 4.75. The largest absolute Gasteiger partial charge is 0.480 e. The highest BCUT2D eigenvalue weighted by Gasteiger charge is 2.17. The topological polar surface area (TPSA) is 83.6 Å². The molecule has 0 fully saturated rings. The number of nitrogens with zero attached hydrogens (tertiary/aromatic N) is 1. The van der Waals surface area contributed by atoms with Gasteiger partial charge in [0.15, 0.2) is 0 Å². The Hall–Kier alpha value is -2.56. The number of nitrogens with two attached hydrogens (primary N) is 1. The maximum Gasteiger partial charge on any atom is 0.323 e. The summed E-state index contributed by atoms with van der Waals surface area (Å²) < 4.78 is 0. The third kappa shape index (κ3) is 2.24. The van der Waals surface area contributed by atoms with Crippen molar-refractivity contribution < 1.29 is 14.7 Å². The SMILES string of the molecule is NC(=O)N(CC(=O)O)c1cccc2ccccc12. The molecule has 92 valence electrons. The van der Waals surface area contributed by atoms with E-state index in [2.05, 4.69) is 0 Å². The number of rotatable bonds is 3. The van der Waals surface area contributed by atoms with Crippen LogP contribution in [0.15, 0.2) is 42.5 Å². The monoisotopic (exact) mass is 244 g/mol. The molecule has 0 saturated carbocycles. The van der Waals surface area contributed by atoms with E-state index in [1.165, 1.54) is 0 Å². The first kappa shape index (κ1) is 11.9. The summed E-state index contributed by atoms with van der Waals surface area (Å²) in [5.41, 5.74) is 5.73. The Balaban J connectivity index is 2.57. The highest BCUT2D eigenvalue weighted by molar-refractivity contribution is 6.04. The van der Waals surface area contributed by atoms with Crippen LogP contribution in [0, 0.1) is 0 Å². The van der Waals surface area contributed by atoms with Crippen molar-refractivity contribution in [3.8, 4) is 0 Å². The fourth-order valence-electron chi connectivity index (χ4n) is 1.86. The third-order valence-corrected chi connectivity index (χ3v) is 2.62. The smallest absolute Gasteiger partial charge is 0.323 e. The molecule has 0 bridgehead atoms. The highest BCUT2D eigenvalue weighted by atomic mass is 16.4. The lowest BCUT2D eigenvalue weighted by atomic mass is 10.1. The molecule has 0 atom stereocenters. The molecule has 0 heterocycles. The lowest BCUT2D eigenvalue weighted by Gasteiger charge is -2.20. The average molecular weight is 244 g/mol. The predicted molar refractivity (Wildman–Crippen MR) is 68.5 cm³/mol. The minimum absolute atomic E-state index is 0.455. The van der Waals surface area contributed by atoms with Crippen molar-refractivity contribution >= 4 is 28.5 Å². The molecule has 0 aliphatic carbocycles. The van der Waals surface area contributed by atoms with Crippen LogP contribution in [-0.2, 0) is 4.79 Å². The standard InChI is InChI=1S/C13H12N2O3/c14-13(18)15(8-12(16)17)11-7-3-5-9-4-1-2-6-10(9)11/h1-7H,8H2,(H2,14,18)(H,16,17). The molecule has 18 heavy (non-hydrogen) atoms. The van der Waals surface area contributed by atoms with Crippen LogP contribution in [0.1, 0.15) is 0 Å². The van der Waals surface area contributed by atoms with Crippen molar-refractivity contribution in [1.29, 1.82) is 0 Å². The van der Waals surface area contributed by atoms with E-state index in [9.17, 15) is 9.59 Å². The highest BCUT2D eigenvalue weighted by Crippen LogP contribution is 2.26. The minimum Gasteiger partial charge on any atom is -0.480 e. The number of aliphatic carboxylic acids is 1. The van der Waals surface area contributed by atoms with Crippen LogP contribution in [0.2, 0.25) is 0 Å². The molecule has 5 heteroatoms. The predicted octanol–water partition coefficient (Wildman–Crippen LogP) is 1.81. The first-order valence-corrected chi connectivity index (χ1v) is 5.36. The van der Waals surface area contributed by atoms with Gasteiger partial charge < -0.3 is 10.8 Å². The zero-order valence-corrected chi connectivity index (χ0v) is 9.54. The number of carbonyl (C=O) groups is 2. The number of fused-ring (bicyclic) bond motifs is 1. The van der Waals surface area contributed by atoms with Crippen molar-refractivity contribution in [2.24, 2.45) is 5.73 Å². The van der Waals surface area contributed by atoms with Gasteiger partial charge in [0, 0.05) is 5.39 Å². The normalized spacial score (nSPS) is 10.2. The molecule has 2 aromatic rings. The Morgan fingerprint density at radius 3 is 2.44 bits per heavy atom. The summed E-state index contributed by atoms with van der Waals surface area (Å²) >= 11 is 0. The van der Waals surface area contributed by atoms with E-state index < -0.39 is 18.5 Å². The molecule has 0 radical (unpaired) electrons. The third-order valence-electron chi connectivity index (χ3n) is 2.62. The first-order valence-electron chi connectivity index (χ1n) is 5.36. The molecule has 0 aliphatic heterocycles. The van der Waals surface area contributed by atoms with E-state index >= 15 is 0 Å². The number of amides is 2. The van der Waals surface area contributed by atoms with Gasteiger partial charge in [0.1, 0.15) is 6.54 Å². The van der Waals surface area contributed by atoms with Crippen molar-refractivity contribution in [3.05, 3.63) is 42.5 Å². The molecular weight excluding hydrogens is 232 g/mol. The quantitative estimate of drug-likeness (QED) is 0.863. The van der Waals surface area contributed by atoms with E-state index in [4.69, 9.17) is 10.8 Å². The number of urea groups is 1. The van der Waals surface area contributed by atoms with Crippen LogP contribution in [0.5, 0.6) is 0 Å². The molecule has 2 rings (SSSR count). The zero-order chi connectivity index (χ0) is 13.1. The number of benzene rings is 2. The van der Waals surface area contributed by atoms with Crippen molar-refractivity contribution in [1.82, 2.24) is 0 Å². The fourth-order valence-corrected chi connectivity index (χ4v) is 1.86. The van der Waals surface area contributed by atoms with Gasteiger partial charge >= 0.3 is 12.0 Å². The van der Waals surface area contributed by atoms with Gasteiger partial charge in [0.05, 0.1) is 5.69 Å². The van der Waals surface area contributed by atoms with Crippen LogP contribution in [-0.4, -0.2) is 23.7 Å². The molecule has 2 aromatic carbocycles. The molecule has 2 amide bonds. The summed E-state index contributed by atoms with van der Waals surface area (Å²) in [6, 6.07) is 11.9. The molecular formula is C13H12N2O3. The van der Waals surface area contributed by atoms with Gasteiger partial charge in [-0.15, -0.1) is 0 Å². The van der Waals surface area contributed by atoms with E-state index in [1.54, 1.807) is 12.1 Å². The van der Waals surface area contributed by atoms with Gasteiger partial charge in [-0.2, -0.15) is 0 Å². The Morgan fingerprint density at radius 2 is 1.78 bits per heavy atom. The number of hydrogen-bond donors (Lipinski definition) is 2. The summed E-state index contributed by atoms with van der Waals surface area (Å²) in [6.45, 7) is -0.455. The molecule has 0 spiro atoms. The number of hydrogen-bond acceptors (Lipinski definition) is 2. The fraction of sp³-hybridized carbons (Fsp3) is 0.0769. The van der Waals surface area contributed by atoms with E-state index in [1.807, 2.05) is 30.3 Å². The zero-order valence-electron chi connectivity index (χ0n) is 9.54. The van der Waals surface area contributed by atoms with Gasteiger partial charge in [-0.1, -0.05) is 36.4 Å². The lowest BCUT2D eigenvalue weighted by molar-refractivity contribution is -0.135. The number of carbonyl (C=O) groups excluding carboxylic acids is 1. The van der Waals surface area contributed by atoms with Gasteiger partial charge in [0.2, 0.25) is 0 Å². The van der Waals surface area contributed by atoms with Gasteiger partial charge in [-0.3, -0.25) is 9.69 Å². The summed E-state index contributed by atoms with van der Waals surface area (Å²) in [5.74, 6) is -1.11. The van der Waals surface area contributed by atoms with Crippen molar-refractivity contribution in [2.45, 2.75) is 0 Å². The molecule has 0 saturated heterocycles. The van der Waals surface area contributed by atoms with Crippen LogP contribution in [0.4, 0.5) is 10.5 Å². The van der Waals surface area contributed by atoms with E-state index in [-0.39, 0.29) is 0 Å².